The number of carbonyl (C=O) groups excluding carboxylic acids is 2. The number of methoxy groups -OCH3 is 2. The molecule has 0 aliphatic carbocycles. The van der Waals surface area contributed by atoms with Gasteiger partial charge in [-0.25, -0.2) is 4.79 Å². The smallest absolute Gasteiger partial charge is 0.334 e. The van der Waals surface area contributed by atoms with Gasteiger partial charge in [-0.2, -0.15) is 0 Å². The second kappa shape index (κ2) is 10.1. The first-order chi connectivity index (χ1) is 8.11. The second-order valence-corrected chi connectivity index (χ2v) is 3.92. The molecule has 1 N–H and O–H groups in total. The Bertz CT molecular complexity index is 227. The van der Waals surface area contributed by atoms with Gasteiger partial charge in [0.15, 0.2) is 6.10 Å². The molecule has 0 rings (SSSR count). The Kier molecular flexibility index (Phi) is 9.43. The lowest BCUT2D eigenvalue weighted by molar-refractivity contribution is -0.150. The number of carbonyl (C=O) groups is 2. The molecular weight excluding hydrogens is 224 g/mol. The molecule has 0 amide bonds. The summed E-state index contributed by atoms with van der Waals surface area (Å²) in [5.41, 5.74) is 0. The summed E-state index contributed by atoms with van der Waals surface area (Å²) in [5, 5.41) is 9.29. The van der Waals surface area contributed by atoms with Gasteiger partial charge in [-0.1, -0.05) is 25.7 Å². The van der Waals surface area contributed by atoms with E-state index in [1.807, 2.05) is 0 Å². The van der Waals surface area contributed by atoms with Crippen molar-refractivity contribution >= 4 is 11.9 Å². The molecule has 0 aromatic rings. The van der Waals surface area contributed by atoms with Gasteiger partial charge in [-0.15, -0.1) is 0 Å². The van der Waals surface area contributed by atoms with Crippen LogP contribution in [-0.4, -0.2) is 37.4 Å². The fourth-order valence-corrected chi connectivity index (χ4v) is 1.49. The molecule has 0 bridgehead atoms. The van der Waals surface area contributed by atoms with Gasteiger partial charge in [0.2, 0.25) is 0 Å². The fourth-order valence-electron chi connectivity index (χ4n) is 1.49. The maximum atomic E-state index is 10.9. The summed E-state index contributed by atoms with van der Waals surface area (Å²) in [5.74, 6) is -0.748. The van der Waals surface area contributed by atoms with Crippen LogP contribution in [0.15, 0.2) is 0 Å². The third-order valence-electron chi connectivity index (χ3n) is 2.56. The van der Waals surface area contributed by atoms with E-state index < -0.39 is 12.1 Å². The summed E-state index contributed by atoms with van der Waals surface area (Å²) < 4.78 is 8.93. The summed E-state index contributed by atoms with van der Waals surface area (Å²) in [6.07, 6.45) is 4.39. The van der Waals surface area contributed by atoms with E-state index in [1.54, 1.807) is 0 Å². The molecule has 0 heterocycles. The van der Waals surface area contributed by atoms with Crippen LogP contribution >= 0.6 is 0 Å². The Morgan fingerprint density at radius 3 is 2.18 bits per heavy atom. The number of rotatable bonds is 9. The lowest BCUT2D eigenvalue weighted by atomic mass is 10.1. The van der Waals surface area contributed by atoms with E-state index in [0.717, 1.165) is 32.1 Å². The molecule has 0 radical (unpaired) electrons. The lowest BCUT2D eigenvalue weighted by Gasteiger charge is -2.07. The van der Waals surface area contributed by atoms with Gasteiger partial charge < -0.3 is 14.6 Å². The molecule has 5 heteroatoms. The van der Waals surface area contributed by atoms with Crippen LogP contribution in [0.5, 0.6) is 0 Å². The Morgan fingerprint density at radius 2 is 1.59 bits per heavy atom. The minimum atomic E-state index is -1.00. The zero-order valence-corrected chi connectivity index (χ0v) is 10.6. The minimum Gasteiger partial charge on any atom is -0.469 e. The molecule has 0 saturated carbocycles. The number of aliphatic hydroxyl groups excluding tert-OH is 1. The zero-order valence-electron chi connectivity index (χ0n) is 10.6. The van der Waals surface area contributed by atoms with Gasteiger partial charge in [0.05, 0.1) is 14.2 Å². The number of hydrogen-bond acceptors (Lipinski definition) is 5. The van der Waals surface area contributed by atoms with Gasteiger partial charge in [-0.3, -0.25) is 4.79 Å². The third kappa shape index (κ3) is 8.68. The van der Waals surface area contributed by atoms with Crippen molar-refractivity contribution in [3.05, 3.63) is 0 Å². The highest BCUT2D eigenvalue weighted by Crippen LogP contribution is 2.09. The topological polar surface area (TPSA) is 72.8 Å². The summed E-state index contributed by atoms with van der Waals surface area (Å²) in [4.78, 5) is 21.7. The van der Waals surface area contributed by atoms with Crippen molar-refractivity contribution in [2.75, 3.05) is 14.2 Å². The van der Waals surface area contributed by atoms with Crippen molar-refractivity contribution in [1.29, 1.82) is 0 Å². The molecule has 0 fully saturated rings. The van der Waals surface area contributed by atoms with Crippen LogP contribution < -0.4 is 0 Å². The third-order valence-corrected chi connectivity index (χ3v) is 2.56. The van der Waals surface area contributed by atoms with Crippen LogP contribution in [0.4, 0.5) is 0 Å². The van der Waals surface area contributed by atoms with Crippen molar-refractivity contribution < 1.29 is 24.2 Å². The Labute approximate surface area is 102 Å². The van der Waals surface area contributed by atoms with E-state index in [-0.39, 0.29) is 5.97 Å². The SMILES string of the molecule is COC(=O)CCCCCCCC(O)C(=O)OC. The van der Waals surface area contributed by atoms with Crippen molar-refractivity contribution in [1.82, 2.24) is 0 Å². The van der Waals surface area contributed by atoms with Gasteiger partial charge in [0.25, 0.3) is 0 Å². The second-order valence-electron chi connectivity index (χ2n) is 3.92. The number of unbranched alkanes of at least 4 members (excludes halogenated alkanes) is 4. The number of aliphatic hydroxyl groups is 1. The van der Waals surface area contributed by atoms with Crippen LogP contribution in [0.1, 0.15) is 44.9 Å². The van der Waals surface area contributed by atoms with Crippen molar-refractivity contribution in [2.24, 2.45) is 0 Å². The average molecular weight is 246 g/mol. The normalized spacial score (nSPS) is 11.9. The number of esters is 2. The Balaban J connectivity index is 3.29. The van der Waals surface area contributed by atoms with E-state index in [0.29, 0.717) is 12.8 Å². The summed E-state index contributed by atoms with van der Waals surface area (Å²) in [7, 11) is 2.65. The van der Waals surface area contributed by atoms with Gasteiger partial charge >= 0.3 is 11.9 Å². The first-order valence-corrected chi connectivity index (χ1v) is 5.94. The van der Waals surface area contributed by atoms with Crippen molar-refractivity contribution in [2.45, 2.75) is 51.0 Å². The highest BCUT2D eigenvalue weighted by atomic mass is 16.5. The molecule has 5 nitrogen and oxygen atoms in total. The van der Waals surface area contributed by atoms with E-state index in [4.69, 9.17) is 0 Å². The highest BCUT2D eigenvalue weighted by Gasteiger charge is 2.13. The predicted octanol–water partition coefficient (Wildman–Crippen LogP) is 1.42. The molecule has 100 valence electrons. The molecule has 0 aromatic carbocycles. The summed E-state index contributed by atoms with van der Waals surface area (Å²) in [6, 6.07) is 0. The zero-order chi connectivity index (χ0) is 13.1. The Hall–Kier alpha value is -1.10. The van der Waals surface area contributed by atoms with Gasteiger partial charge in [0, 0.05) is 6.42 Å². The Morgan fingerprint density at radius 1 is 1.00 bits per heavy atom. The van der Waals surface area contributed by atoms with Gasteiger partial charge in [0.1, 0.15) is 0 Å². The van der Waals surface area contributed by atoms with E-state index in [1.165, 1.54) is 14.2 Å². The average Bonchev–Trinajstić information content (AvgIpc) is 2.35. The highest BCUT2D eigenvalue weighted by molar-refractivity contribution is 5.74. The molecule has 0 aromatic heterocycles. The maximum absolute atomic E-state index is 10.9. The monoisotopic (exact) mass is 246 g/mol. The van der Waals surface area contributed by atoms with Crippen LogP contribution in [0.2, 0.25) is 0 Å². The number of hydrogen-bond donors (Lipinski definition) is 1. The van der Waals surface area contributed by atoms with Crippen LogP contribution in [0.25, 0.3) is 0 Å². The quantitative estimate of drug-likeness (QED) is 0.492. The first kappa shape index (κ1) is 15.9. The van der Waals surface area contributed by atoms with E-state index in [9.17, 15) is 14.7 Å². The fraction of sp³-hybridized carbons (Fsp3) is 0.833. The molecule has 17 heavy (non-hydrogen) atoms. The van der Waals surface area contributed by atoms with E-state index in [2.05, 4.69) is 9.47 Å². The van der Waals surface area contributed by atoms with Crippen molar-refractivity contribution in [3.63, 3.8) is 0 Å². The summed E-state index contributed by atoms with van der Waals surface area (Å²) in [6.45, 7) is 0. The minimum absolute atomic E-state index is 0.175. The summed E-state index contributed by atoms with van der Waals surface area (Å²) >= 11 is 0. The van der Waals surface area contributed by atoms with Crippen molar-refractivity contribution in [3.8, 4) is 0 Å². The molecule has 0 aliphatic rings. The molecule has 0 aliphatic heterocycles. The first-order valence-electron chi connectivity index (χ1n) is 5.94. The molecule has 0 spiro atoms. The van der Waals surface area contributed by atoms with Crippen LogP contribution in [0, 0.1) is 0 Å². The molecule has 1 unspecified atom stereocenters. The maximum Gasteiger partial charge on any atom is 0.334 e. The largest absolute Gasteiger partial charge is 0.469 e. The molecular formula is C12H22O5. The standard InChI is InChI=1S/C12H22O5/c1-16-11(14)9-7-5-3-4-6-8-10(13)12(15)17-2/h10,13H,3-9H2,1-2H3. The van der Waals surface area contributed by atoms with Gasteiger partial charge in [-0.05, 0) is 12.8 Å². The molecule has 1 atom stereocenters. The van der Waals surface area contributed by atoms with Crippen LogP contribution in [-0.2, 0) is 19.1 Å². The molecule has 0 saturated heterocycles. The van der Waals surface area contributed by atoms with Crippen LogP contribution in [0.3, 0.4) is 0 Å². The predicted molar refractivity (Wildman–Crippen MR) is 62.4 cm³/mol. The van der Waals surface area contributed by atoms with E-state index >= 15 is 0 Å². The number of ether oxygens (including phenoxy) is 2. The lowest BCUT2D eigenvalue weighted by Crippen LogP contribution is -2.21.